The van der Waals surface area contributed by atoms with Crippen LogP contribution in [-0.2, 0) is 14.8 Å². The molecule has 13 nitrogen and oxygen atoms in total. The topological polar surface area (TPSA) is 169 Å². The van der Waals surface area contributed by atoms with Gasteiger partial charge < -0.3 is 24.7 Å². The molecule has 14 heteroatoms. The molecule has 0 aliphatic carbocycles. The fraction of sp³-hybridized carbons (Fsp3) is 0.273. The minimum Gasteiger partial charge on any atom is -0.455 e. The molecule has 0 bridgehead atoms. The van der Waals surface area contributed by atoms with E-state index in [0.717, 1.165) is 60.5 Å². The number of nitrogens with one attached hydrogen (secondary N) is 3. The number of aromatic amines is 1. The Bertz CT molecular complexity index is 2520. The summed E-state index contributed by atoms with van der Waals surface area (Å²) in [7, 11) is -4.56. The molecule has 4 heterocycles. The number of nitrogens with zero attached hydrogens (tertiary/aromatic N) is 3. The van der Waals surface area contributed by atoms with Gasteiger partial charge in [-0.05, 0) is 96.8 Å². The first kappa shape index (κ1) is 38.6. The van der Waals surface area contributed by atoms with Crippen LogP contribution < -0.4 is 19.7 Å². The highest BCUT2D eigenvalue weighted by atomic mass is 32.2. The van der Waals surface area contributed by atoms with Crippen molar-refractivity contribution in [2.75, 3.05) is 36.5 Å². The summed E-state index contributed by atoms with van der Waals surface area (Å²) in [6.45, 7) is 2.69. The number of nitro groups is 1. The Morgan fingerprint density at radius 1 is 0.914 bits per heavy atom. The highest BCUT2D eigenvalue weighted by Gasteiger charge is 2.27. The van der Waals surface area contributed by atoms with Gasteiger partial charge in [0, 0.05) is 49.6 Å². The fourth-order valence-corrected chi connectivity index (χ4v) is 8.77. The zero-order valence-electron chi connectivity index (χ0n) is 31.8. The monoisotopic (exact) mass is 800 g/mol. The molecule has 58 heavy (non-hydrogen) atoms. The molecule has 2 aliphatic heterocycles. The Balaban J connectivity index is 1.07. The minimum absolute atomic E-state index is 0.0578. The van der Waals surface area contributed by atoms with Gasteiger partial charge in [-0.2, -0.15) is 0 Å². The maximum atomic E-state index is 13.9. The van der Waals surface area contributed by atoms with E-state index in [-0.39, 0.29) is 29.0 Å². The van der Waals surface area contributed by atoms with E-state index in [1.807, 2.05) is 24.3 Å². The number of amides is 1. The number of carbonyl (C=O) groups is 1. The van der Waals surface area contributed by atoms with Crippen LogP contribution in [0.5, 0.6) is 11.5 Å². The number of pyridine rings is 1. The van der Waals surface area contributed by atoms with Crippen molar-refractivity contribution in [2.45, 2.75) is 49.5 Å². The first-order valence-corrected chi connectivity index (χ1v) is 21.0. The molecule has 2 aliphatic rings. The number of hydrogen-bond acceptors (Lipinski definition) is 10. The zero-order valence-corrected chi connectivity index (χ0v) is 32.6. The lowest BCUT2D eigenvalue weighted by Crippen LogP contribution is -2.31. The molecule has 4 aromatic carbocycles. The van der Waals surface area contributed by atoms with E-state index in [1.54, 1.807) is 24.4 Å². The SMILES string of the molecule is O=C(NS(=O)(=O)c1ccc(NCC2CCOCC2)c([N+](=O)[O-])c1)c1ccc(-c2ccc(N3CCCCCC3c3ccccc3)cc2)cc1Oc1cnc2[nH]ccc2c1. The number of carbonyl (C=O) groups excluding carboxylic acids is 1. The summed E-state index contributed by atoms with van der Waals surface area (Å²) in [5.74, 6) is -0.258. The molecule has 2 fully saturated rings. The van der Waals surface area contributed by atoms with Crippen molar-refractivity contribution in [1.29, 1.82) is 0 Å². The average molecular weight is 801 g/mol. The molecule has 0 radical (unpaired) electrons. The molecule has 298 valence electrons. The van der Waals surface area contributed by atoms with Crippen molar-refractivity contribution in [3.63, 3.8) is 0 Å². The molecule has 6 aromatic rings. The first-order chi connectivity index (χ1) is 28.2. The van der Waals surface area contributed by atoms with Gasteiger partial charge in [-0.1, -0.05) is 61.4 Å². The second-order valence-electron chi connectivity index (χ2n) is 14.7. The number of anilines is 2. The third-order valence-corrected chi connectivity index (χ3v) is 12.3. The fourth-order valence-electron chi connectivity index (χ4n) is 7.78. The van der Waals surface area contributed by atoms with Crippen LogP contribution in [0.1, 0.15) is 60.5 Å². The molecule has 1 amide bonds. The van der Waals surface area contributed by atoms with Gasteiger partial charge >= 0.3 is 0 Å². The Kier molecular flexibility index (Phi) is 11.4. The average Bonchev–Trinajstić information content (AvgIpc) is 3.58. The van der Waals surface area contributed by atoms with Crippen LogP contribution in [-0.4, -0.2) is 55.5 Å². The number of rotatable bonds is 12. The second-order valence-corrected chi connectivity index (χ2v) is 16.4. The van der Waals surface area contributed by atoms with Crippen LogP contribution >= 0.6 is 0 Å². The van der Waals surface area contributed by atoms with Gasteiger partial charge in [0.25, 0.3) is 21.6 Å². The molecular formula is C44H44N6O7S. The molecule has 2 aromatic heterocycles. The lowest BCUT2D eigenvalue weighted by Gasteiger charge is -2.32. The number of ether oxygens (including phenoxy) is 2. The van der Waals surface area contributed by atoms with Crippen molar-refractivity contribution >= 4 is 44.0 Å². The summed E-state index contributed by atoms with van der Waals surface area (Å²) in [4.78, 5) is 34.8. The smallest absolute Gasteiger partial charge is 0.293 e. The van der Waals surface area contributed by atoms with Crippen LogP contribution in [0, 0.1) is 16.0 Å². The molecule has 1 atom stereocenters. The minimum atomic E-state index is -4.56. The summed E-state index contributed by atoms with van der Waals surface area (Å²) < 4.78 is 41.1. The summed E-state index contributed by atoms with van der Waals surface area (Å²) in [6, 6.07) is 31.3. The third-order valence-electron chi connectivity index (χ3n) is 10.9. The van der Waals surface area contributed by atoms with E-state index >= 15 is 0 Å². The summed E-state index contributed by atoms with van der Waals surface area (Å²) >= 11 is 0. The van der Waals surface area contributed by atoms with Gasteiger partial charge in [0.05, 0.1) is 27.6 Å². The lowest BCUT2D eigenvalue weighted by molar-refractivity contribution is -0.384. The van der Waals surface area contributed by atoms with Crippen LogP contribution in [0.15, 0.2) is 120 Å². The van der Waals surface area contributed by atoms with E-state index in [2.05, 4.69) is 61.3 Å². The number of nitro benzene ring substituents is 1. The number of fused-ring (bicyclic) bond motifs is 1. The molecule has 1 unspecified atom stereocenters. The number of benzene rings is 4. The molecular weight excluding hydrogens is 757 g/mol. The van der Waals surface area contributed by atoms with E-state index in [4.69, 9.17) is 9.47 Å². The van der Waals surface area contributed by atoms with Gasteiger partial charge in [-0.25, -0.2) is 18.1 Å². The molecule has 0 saturated carbocycles. The van der Waals surface area contributed by atoms with Crippen molar-refractivity contribution in [3.05, 3.63) is 137 Å². The molecule has 2 saturated heterocycles. The molecule has 0 spiro atoms. The number of H-pyrrole nitrogens is 1. The third kappa shape index (κ3) is 8.67. The Morgan fingerprint density at radius 2 is 1.71 bits per heavy atom. The quantitative estimate of drug-likeness (QED) is 0.0802. The van der Waals surface area contributed by atoms with Crippen LogP contribution in [0.3, 0.4) is 0 Å². The van der Waals surface area contributed by atoms with E-state index in [9.17, 15) is 23.3 Å². The second kappa shape index (κ2) is 17.1. The largest absolute Gasteiger partial charge is 0.455 e. The Morgan fingerprint density at radius 3 is 2.50 bits per heavy atom. The van der Waals surface area contributed by atoms with Gasteiger partial charge in [0.2, 0.25) is 0 Å². The van der Waals surface area contributed by atoms with Crippen LogP contribution in [0.25, 0.3) is 22.2 Å². The number of hydrogen-bond donors (Lipinski definition) is 3. The molecule has 8 rings (SSSR count). The van der Waals surface area contributed by atoms with Crippen molar-refractivity contribution in [3.8, 4) is 22.6 Å². The number of aromatic nitrogens is 2. The van der Waals surface area contributed by atoms with Gasteiger partial charge in [0.1, 0.15) is 22.8 Å². The summed E-state index contributed by atoms with van der Waals surface area (Å²) in [5.41, 5.74) is 4.40. The normalized spacial score (nSPS) is 16.4. The Hall–Kier alpha value is -6.25. The zero-order chi connectivity index (χ0) is 40.1. The van der Waals surface area contributed by atoms with Gasteiger partial charge in [-0.15, -0.1) is 0 Å². The highest BCUT2D eigenvalue weighted by molar-refractivity contribution is 7.90. The Labute approximate surface area is 336 Å². The lowest BCUT2D eigenvalue weighted by atomic mass is 9.99. The molecule has 3 N–H and O–H groups in total. The predicted octanol–water partition coefficient (Wildman–Crippen LogP) is 9.01. The number of sulfonamides is 1. The maximum absolute atomic E-state index is 13.9. The summed E-state index contributed by atoms with van der Waals surface area (Å²) in [5, 5.41) is 15.9. The summed E-state index contributed by atoms with van der Waals surface area (Å²) in [6.07, 6.45) is 9.46. The van der Waals surface area contributed by atoms with Crippen molar-refractivity contribution < 1.29 is 27.6 Å². The van der Waals surface area contributed by atoms with E-state index < -0.39 is 31.4 Å². The standard InChI is InChI=1S/C44H44N6O7S/c51-44(48-58(54,55)37-15-17-39(41(27-37)50(52)53)46-28-30-19-23-56-24-20-30)38-16-12-33(26-42(38)57-36-25-34-18-21-45-43(34)47-29-36)31-10-13-35(14-11-31)49-22-6-2-5-9-40(49)32-7-3-1-4-8-32/h1,3-4,7-8,10-18,21,25-27,29-30,40,46H,2,5-6,9,19-20,22-24,28H2,(H,45,47)(H,48,51). The van der Waals surface area contributed by atoms with Gasteiger partial charge in [0.15, 0.2) is 0 Å². The predicted molar refractivity (Wildman–Crippen MR) is 223 cm³/mol. The maximum Gasteiger partial charge on any atom is 0.293 e. The van der Waals surface area contributed by atoms with Gasteiger partial charge in [-0.3, -0.25) is 14.9 Å². The van der Waals surface area contributed by atoms with E-state index in [0.29, 0.717) is 31.2 Å². The van der Waals surface area contributed by atoms with E-state index in [1.165, 1.54) is 42.8 Å². The first-order valence-electron chi connectivity index (χ1n) is 19.6. The van der Waals surface area contributed by atoms with Crippen molar-refractivity contribution in [2.24, 2.45) is 5.92 Å². The highest BCUT2D eigenvalue weighted by Crippen LogP contribution is 2.37. The van der Waals surface area contributed by atoms with Crippen molar-refractivity contribution in [1.82, 2.24) is 14.7 Å². The van der Waals surface area contributed by atoms with Crippen LogP contribution in [0.4, 0.5) is 17.1 Å². The van der Waals surface area contributed by atoms with Crippen LogP contribution in [0.2, 0.25) is 0 Å².